The Morgan fingerprint density at radius 3 is 2.60 bits per heavy atom. The van der Waals surface area contributed by atoms with Crippen molar-refractivity contribution in [1.82, 2.24) is 5.32 Å². The van der Waals surface area contributed by atoms with Gasteiger partial charge in [0, 0.05) is 12.2 Å². The molecule has 1 N–H and O–H groups in total. The summed E-state index contributed by atoms with van der Waals surface area (Å²) in [6.45, 7) is 9.00. The van der Waals surface area contributed by atoms with Crippen molar-refractivity contribution in [2.24, 2.45) is 0 Å². The van der Waals surface area contributed by atoms with Crippen molar-refractivity contribution in [3.8, 4) is 0 Å². The number of hydrogen-bond donors (Lipinski definition) is 1. The quantitative estimate of drug-likeness (QED) is 0.547. The van der Waals surface area contributed by atoms with Gasteiger partial charge in [-0.15, -0.1) is 0 Å². The maximum atomic E-state index is 3.86. The lowest BCUT2D eigenvalue weighted by Crippen LogP contribution is -2.10. The molecule has 0 unspecified atom stereocenters. The third-order valence-corrected chi connectivity index (χ3v) is 1.53. The van der Waals surface area contributed by atoms with Crippen LogP contribution in [0, 0.1) is 0 Å². The zero-order chi connectivity index (χ0) is 7.82. The Bertz CT molecular complexity index is 76.7. The molecule has 1 nitrogen and oxygen atoms in total. The van der Waals surface area contributed by atoms with Gasteiger partial charge in [-0.3, -0.25) is 0 Å². The van der Waals surface area contributed by atoms with Crippen LogP contribution in [0.2, 0.25) is 0 Å². The van der Waals surface area contributed by atoms with Gasteiger partial charge in [0.15, 0.2) is 0 Å². The molecular weight excluding hydrogens is 122 g/mol. The Hall–Kier alpha value is -0.460. The van der Waals surface area contributed by atoms with Crippen LogP contribution in [-0.2, 0) is 0 Å². The topological polar surface area (TPSA) is 12.0 Å². The molecule has 1 aliphatic heterocycles. The van der Waals surface area contributed by atoms with Crippen molar-refractivity contribution in [3.05, 3.63) is 12.3 Å². The molecule has 1 rings (SSSR count). The van der Waals surface area contributed by atoms with E-state index in [0.717, 1.165) is 6.54 Å². The van der Waals surface area contributed by atoms with E-state index < -0.39 is 0 Å². The average molecular weight is 141 g/mol. The summed E-state index contributed by atoms with van der Waals surface area (Å²) in [6, 6.07) is 0. The maximum Gasteiger partial charge on any atom is 0.0143 e. The summed E-state index contributed by atoms with van der Waals surface area (Å²) >= 11 is 0. The fourth-order valence-electron chi connectivity index (χ4n) is 0.994. The van der Waals surface area contributed by atoms with Gasteiger partial charge in [0.1, 0.15) is 0 Å². The highest BCUT2D eigenvalue weighted by molar-refractivity contribution is 4.91. The molecule has 1 aliphatic rings. The largest absolute Gasteiger partial charge is 0.389 e. The second kappa shape index (κ2) is 6.66. The first kappa shape index (κ1) is 9.54. The molecular formula is C9H19N. The second-order valence-corrected chi connectivity index (χ2v) is 2.34. The smallest absolute Gasteiger partial charge is 0.0143 e. The summed E-state index contributed by atoms with van der Waals surface area (Å²) in [7, 11) is 0. The summed E-state index contributed by atoms with van der Waals surface area (Å²) in [5, 5.41) is 3.25. The first-order chi connectivity index (χ1) is 4.89. The molecule has 0 spiro atoms. The highest BCUT2D eigenvalue weighted by Gasteiger charge is 1.98. The molecule has 1 fully saturated rings. The predicted molar refractivity (Wildman–Crippen MR) is 47.0 cm³/mol. The molecule has 0 radical (unpaired) electrons. The molecule has 0 aromatic carbocycles. The molecule has 0 saturated carbocycles. The zero-order valence-corrected chi connectivity index (χ0v) is 7.24. The molecule has 1 saturated heterocycles. The van der Waals surface area contributed by atoms with Crippen LogP contribution in [0.1, 0.15) is 39.5 Å². The molecule has 0 bridgehead atoms. The van der Waals surface area contributed by atoms with Gasteiger partial charge in [-0.05, 0) is 19.3 Å². The van der Waals surface area contributed by atoms with Gasteiger partial charge in [-0.1, -0.05) is 26.8 Å². The van der Waals surface area contributed by atoms with E-state index in [4.69, 9.17) is 0 Å². The van der Waals surface area contributed by atoms with Crippen molar-refractivity contribution in [2.45, 2.75) is 39.5 Å². The monoisotopic (exact) mass is 141 g/mol. The van der Waals surface area contributed by atoms with Crippen molar-refractivity contribution >= 4 is 0 Å². The zero-order valence-electron chi connectivity index (χ0n) is 7.24. The number of rotatable bonds is 0. The highest BCUT2D eigenvalue weighted by Crippen LogP contribution is 2.08. The Labute approximate surface area is 64.5 Å². The fraction of sp³-hybridized carbons (Fsp3) is 0.778. The minimum Gasteiger partial charge on any atom is -0.389 e. The lowest BCUT2D eigenvalue weighted by Gasteiger charge is -2.00. The predicted octanol–water partition coefficient (Wildman–Crippen LogP) is 2.69. The minimum absolute atomic E-state index is 1.14. The van der Waals surface area contributed by atoms with E-state index in [0.29, 0.717) is 0 Å². The molecule has 0 atom stereocenters. The van der Waals surface area contributed by atoms with Gasteiger partial charge in [0.05, 0.1) is 0 Å². The van der Waals surface area contributed by atoms with E-state index in [-0.39, 0.29) is 0 Å². The van der Waals surface area contributed by atoms with Crippen LogP contribution in [0.15, 0.2) is 12.3 Å². The van der Waals surface area contributed by atoms with Crippen LogP contribution < -0.4 is 5.32 Å². The van der Waals surface area contributed by atoms with E-state index in [1.807, 2.05) is 13.8 Å². The minimum atomic E-state index is 1.14. The van der Waals surface area contributed by atoms with Gasteiger partial charge in [-0.25, -0.2) is 0 Å². The van der Waals surface area contributed by atoms with Crippen molar-refractivity contribution < 1.29 is 0 Å². The first-order valence-electron chi connectivity index (χ1n) is 4.31. The maximum absolute atomic E-state index is 3.86. The fourth-order valence-corrected chi connectivity index (χ4v) is 0.994. The van der Waals surface area contributed by atoms with Gasteiger partial charge in [-0.2, -0.15) is 0 Å². The number of nitrogens with one attached hydrogen (secondary N) is 1. The van der Waals surface area contributed by atoms with Gasteiger partial charge < -0.3 is 5.32 Å². The van der Waals surface area contributed by atoms with E-state index in [1.165, 1.54) is 31.4 Å². The second-order valence-electron chi connectivity index (χ2n) is 2.34. The Kier molecular flexibility index (Phi) is 6.35. The Balaban J connectivity index is 0.000000371. The summed E-state index contributed by atoms with van der Waals surface area (Å²) in [6.07, 6.45) is 5.19. The molecule has 1 heterocycles. The van der Waals surface area contributed by atoms with E-state index in [1.54, 1.807) is 0 Å². The summed E-state index contributed by atoms with van der Waals surface area (Å²) in [5.41, 5.74) is 1.22. The Morgan fingerprint density at radius 2 is 1.90 bits per heavy atom. The summed E-state index contributed by atoms with van der Waals surface area (Å²) in [4.78, 5) is 0. The van der Waals surface area contributed by atoms with Crippen LogP contribution in [-0.4, -0.2) is 6.54 Å². The summed E-state index contributed by atoms with van der Waals surface area (Å²) < 4.78 is 0. The molecule has 60 valence electrons. The summed E-state index contributed by atoms with van der Waals surface area (Å²) in [5.74, 6) is 0. The van der Waals surface area contributed by atoms with Crippen LogP contribution >= 0.6 is 0 Å². The normalized spacial score (nSPS) is 18.0. The van der Waals surface area contributed by atoms with Crippen LogP contribution in [0.3, 0.4) is 0 Å². The molecule has 0 amide bonds. The van der Waals surface area contributed by atoms with Gasteiger partial charge in [0.2, 0.25) is 0 Å². The molecule has 10 heavy (non-hydrogen) atoms. The lowest BCUT2D eigenvalue weighted by molar-refractivity contribution is 0.721. The molecule has 0 aromatic heterocycles. The van der Waals surface area contributed by atoms with Gasteiger partial charge in [0.25, 0.3) is 0 Å². The Morgan fingerprint density at radius 1 is 1.20 bits per heavy atom. The molecule has 0 aromatic rings. The molecule has 0 aliphatic carbocycles. The van der Waals surface area contributed by atoms with Crippen LogP contribution in [0.25, 0.3) is 0 Å². The van der Waals surface area contributed by atoms with Crippen molar-refractivity contribution in [2.75, 3.05) is 6.54 Å². The molecule has 1 heteroatoms. The third-order valence-electron chi connectivity index (χ3n) is 1.53. The third kappa shape index (κ3) is 4.42. The standard InChI is InChI=1S/C7H13N.C2H6/c1-7-5-3-2-4-6-8-7;1-2/h8H,1-6H2;1-2H3. The van der Waals surface area contributed by atoms with E-state index in [2.05, 4.69) is 11.9 Å². The lowest BCUT2D eigenvalue weighted by atomic mass is 10.2. The van der Waals surface area contributed by atoms with Crippen molar-refractivity contribution in [3.63, 3.8) is 0 Å². The number of hydrogen-bond acceptors (Lipinski definition) is 1. The number of allylic oxidation sites excluding steroid dienone is 1. The van der Waals surface area contributed by atoms with E-state index >= 15 is 0 Å². The van der Waals surface area contributed by atoms with Crippen LogP contribution in [0.4, 0.5) is 0 Å². The van der Waals surface area contributed by atoms with Crippen molar-refractivity contribution in [1.29, 1.82) is 0 Å². The average Bonchev–Trinajstić information content (AvgIpc) is 2.21. The van der Waals surface area contributed by atoms with Gasteiger partial charge >= 0.3 is 0 Å². The van der Waals surface area contributed by atoms with E-state index in [9.17, 15) is 0 Å². The highest BCUT2D eigenvalue weighted by atomic mass is 14.9. The van der Waals surface area contributed by atoms with Crippen LogP contribution in [0.5, 0.6) is 0 Å². The SMILES string of the molecule is C=C1CCCCCN1.CC. The first-order valence-corrected chi connectivity index (χ1v) is 4.31.